The summed E-state index contributed by atoms with van der Waals surface area (Å²) in [5, 5.41) is 0. The van der Waals surface area contributed by atoms with E-state index in [2.05, 4.69) is 20.7 Å². The number of carbonyl (C=O) groups excluding carboxylic acids is 2. The minimum absolute atomic E-state index is 0.245. The van der Waals surface area contributed by atoms with E-state index in [-0.39, 0.29) is 5.78 Å². The van der Waals surface area contributed by atoms with Crippen LogP contribution in [-0.2, 0) is 9.53 Å². The molecule has 4 nitrogen and oxygen atoms in total. The van der Waals surface area contributed by atoms with Crippen molar-refractivity contribution < 1.29 is 19.1 Å². The van der Waals surface area contributed by atoms with Gasteiger partial charge in [0.15, 0.2) is 5.78 Å². The quantitative estimate of drug-likeness (QED) is 0.589. The lowest BCUT2D eigenvalue weighted by Gasteiger charge is -2.09. The van der Waals surface area contributed by atoms with Crippen LogP contribution in [-0.4, -0.2) is 25.5 Å². The van der Waals surface area contributed by atoms with Gasteiger partial charge in [0, 0.05) is 10.9 Å². The number of esters is 1. The van der Waals surface area contributed by atoms with Crippen LogP contribution in [0.2, 0.25) is 0 Å². The van der Waals surface area contributed by atoms with Crippen LogP contribution in [0.25, 0.3) is 0 Å². The van der Waals surface area contributed by atoms with E-state index in [4.69, 9.17) is 4.74 Å². The molecule has 1 aliphatic rings. The van der Waals surface area contributed by atoms with Crippen LogP contribution in [0.5, 0.6) is 5.75 Å². The molecule has 0 aromatic heterocycles. The summed E-state index contributed by atoms with van der Waals surface area (Å²) in [6.45, 7) is 0.333. The van der Waals surface area contributed by atoms with E-state index in [1.165, 1.54) is 7.11 Å². The molecular formula is C12H11BrO4. The Morgan fingerprint density at radius 1 is 1.53 bits per heavy atom. The lowest BCUT2D eigenvalue weighted by atomic mass is 9.95. The first-order valence-corrected chi connectivity index (χ1v) is 5.97. The third-order valence-corrected chi connectivity index (χ3v) is 3.17. The van der Waals surface area contributed by atoms with Gasteiger partial charge >= 0.3 is 5.97 Å². The van der Waals surface area contributed by atoms with E-state index in [0.717, 1.165) is 4.47 Å². The number of hydrogen-bond acceptors (Lipinski definition) is 4. The topological polar surface area (TPSA) is 52.6 Å². The summed E-state index contributed by atoms with van der Waals surface area (Å²) in [4.78, 5) is 23.7. The number of Topliss-reactive ketones (excluding diaryl/α,β-unsaturated/α-hetero) is 1. The summed E-state index contributed by atoms with van der Waals surface area (Å²) in [5.74, 6) is -1.00. The molecule has 0 fully saturated rings. The van der Waals surface area contributed by atoms with Crippen molar-refractivity contribution in [3.8, 4) is 5.75 Å². The molecule has 17 heavy (non-hydrogen) atoms. The first-order valence-electron chi connectivity index (χ1n) is 5.18. The molecule has 0 radical (unpaired) electrons. The van der Waals surface area contributed by atoms with Gasteiger partial charge in [-0.25, -0.2) is 0 Å². The van der Waals surface area contributed by atoms with Gasteiger partial charge in [-0.3, -0.25) is 9.59 Å². The van der Waals surface area contributed by atoms with Gasteiger partial charge in [0.1, 0.15) is 11.7 Å². The Morgan fingerprint density at radius 2 is 2.29 bits per heavy atom. The summed E-state index contributed by atoms with van der Waals surface area (Å²) in [6, 6.07) is 5.18. The Morgan fingerprint density at radius 3 is 3.00 bits per heavy atom. The molecule has 1 atom stereocenters. The Kier molecular flexibility index (Phi) is 3.47. The van der Waals surface area contributed by atoms with Crippen molar-refractivity contribution in [2.24, 2.45) is 5.92 Å². The maximum absolute atomic E-state index is 12.2. The summed E-state index contributed by atoms with van der Waals surface area (Å²) in [6.07, 6.45) is 0.345. The molecule has 0 N–H and O–H groups in total. The molecule has 1 heterocycles. The second-order valence-corrected chi connectivity index (χ2v) is 4.63. The highest BCUT2D eigenvalue weighted by molar-refractivity contribution is 9.10. The van der Waals surface area contributed by atoms with Gasteiger partial charge in [0.05, 0.1) is 19.3 Å². The zero-order valence-electron chi connectivity index (χ0n) is 9.23. The molecule has 1 aromatic rings. The molecule has 0 bridgehead atoms. The molecule has 1 unspecified atom stereocenters. The Bertz CT molecular complexity index is 470. The number of fused-ring (bicyclic) bond motifs is 1. The smallest absolute Gasteiger partial charge is 0.316 e. The van der Waals surface area contributed by atoms with Gasteiger partial charge < -0.3 is 9.47 Å². The molecule has 0 aliphatic carbocycles. The maximum Gasteiger partial charge on any atom is 0.316 e. The van der Waals surface area contributed by atoms with Crippen LogP contribution in [0.15, 0.2) is 22.7 Å². The van der Waals surface area contributed by atoms with E-state index in [0.29, 0.717) is 24.3 Å². The SMILES string of the molecule is COC(=O)C1CCOc2ccc(Br)cc2C1=O. The van der Waals surface area contributed by atoms with E-state index in [1.807, 2.05) is 0 Å². The van der Waals surface area contributed by atoms with Crippen molar-refractivity contribution in [3.63, 3.8) is 0 Å². The van der Waals surface area contributed by atoms with Crippen molar-refractivity contribution >= 4 is 27.7 Å². The van der Waals surface area contributed by atoms with Crippen molar-refractivity contribution in [3.05, 3.63) is 28.2 Å². The fourth-order valence-corrected chi connectivity index (χ4v) is 2.15. The minimum Gasteiger partial charge on any atom is -0.493 e. The fourth-order valence-electron chi connectivity index (χ4n) is 1.79. The van der Waals surface area contributed by atoms with E-state index >= 15 is 0 Å². The Labute approximate surface area is 107 Å². The van der Waals surface area contributed by atoms with Gasteiger partial charge in [0.25, 0.3) is 0 Å². The van der Waals surface area contributed by atoms with Crippen molar-refractivity contribution in [2.75, 3.05) is 13.7 Å². The monoisotopic (exact) mass is 298 g/mol. The Balaban J connectivity index is 2.41. The van der Waals surface area contributed by atoms with Crippen LogP contribution in [0.3, 0.4) is 0 Å². The number of ketones is 1. The maximum atomic E-state index is 12.2. The van der Waals surface area contributed by atoms with Gasteiger partial charge in [-0.05, 0) is 18.2 Å². The van der Waals surface area contributed by atoms with Gasteiger partial charge in [0.2, 0.25) is 0 Å². The van der Waals surface area contributed by atoms with Crippen molar-refractivity contribution in [1.82, 2.24) is 0 Å². The van der Waals surface area contributed by atoms with Crippen LogP contribution < -0.4 is 4.74 Å². The van der Waals surface area contributed by atoms with Crippen molar-refractivity contribution in [1.29, 1.82) is 0 Å². The number of halogens is 1. The van der Waals surface area contributed by atoms with Gasteiger partial charge in [-0.1, -0.05) is 15.9 Å². The second kappa shape index (κ2) is 4.87. The highest BCUT2D eigenvalue weighted by atomic mass is 79.9. The fraction of sp³-hybridized carbons (Fsp3) is 0.333. The zero-order valence-corrected chi connectivity index (χ0v) is 10.8. The second-order valence-electron chi connectivity index (χ2n) is 3.72. The minimum atomic E-state index is -0.768. The summed E-state index contributed by atoms with van der Waals surface area (Å²) >= 11 is 3.29. The van der Waals surface area contributed by atoms with E-state index < -0.39 is 11.9 Å². The number of methoxy groups -OCH3 is 1. The molecular weight excluding hydrogens is 288 g/mol. The molecule has 0 spiro atoms. The van der Waals surface area contributed by atoms with E-state index in [9.17, 15) is 9.59 Å². The molecule has 0 amide bonds. The van der Waals surface area contributed by atoms with Crippen molar-refractivity contribution in [2.45, 2.75) is 6.42 Å². The number of hydrogen-bond donors (Lipinski definition) is 0. The predicted molar refractivity (Wildman–Crippen MR) is 64.1 cm³/mol. The lowest BCUT2D eigenvalue weighted by Crippen LogP contribution is -2.25. The highest BCUT2D eigenvalue weighted by Gasteiger charge is 2.32. The van der Waals surface area contributed by atoms with E-state index in [1.54, 1.807) is 18.2 Å². The van der Waals surface area contributed by atoms with Crippen LogP contribution in [0, 0.1) is 5.92 Å². The molecule has 0 saturated carbocycles. The average molecular weight is 299 g/mol. The zero-order chi connectivity index (χ0) is 12.4. The molecule has 90 valence electrons. The largest absolute Gasteiger partial charge is 0.493 e. The molecule has 2 rings (SSSR count). The first kappa shape index (κ1) is 12.1. The number of ether oxygens (including phenoxy) is 2. The Hall–Kier alpha value is -1.36. The number of benzene rings is 1. The standard InChI is InChI=1S/C12H11BrO4/c1-16-12(15)8-4-5-17-10-3-2-7(13)6-9(10)11(8)14/h2-3,6,8H,4-5H2,1H3. The average Bonchev–Trinajstić information content (AvgIpc) is 2.49. The van der Waals surface area contributed by atoms with Crippen LogP contribution in [0.1, 0.15) is 16.8 Å². The summed E-state index contributed by atoms with van der Waals surface area (Å²) in [5.41, 5.74) is 0.423. The lowest BCUT2D eigenvalue weighted by molar-refractivity contribution is -0.143. The summed E-state index contributed by atoms with van der Waals surface area (Å²) < 4.78 is 10.9. The molecule has 0 saturated heterocycles. The first-order chi connectivity index (χ1) is 8.13. The number of carbonyl (C=O) groups is 2. The van der Waals surface area contributed by atoms with Gasteiger partial charge in [-0.2, -0.15) is 0 Å². The molecule has 1 aliphatic heterocycles. The van der Waals surface area contributed by atoms with Crippen LogP contribution >= 0.6 is 15.9 Å². The predicted octanol–water partition coefficient (Wildman–Crippen LogP) is 2.20. The van der Waals surface area contributed by atoms with Gasteiger partial charge in [-0.15, -0.1) is 0 Å². The summed E-state index contributed by atoms with van der Waals surface area (Å²) in [7, 11) is 1.28. The third kappa shape index (κ3) is 2.34. The molecule has 5 heteroatoms. The molecule has 1 aromatic carbocycles. The number of rotatable bonds is 1. The normalized spacial score (nSPS) is 18.9. The third-order valence-electron chi connectivity index (χ3n) is 2.67. The highest BCUT2D eigenvalue weighted by Crippen LogP contribution is 2.29. The van der Waals surface area contributed by atoms with Crippen LogP contribution in [0.4, 0.5) is 0 Å².